The third-order valence-corrected chi connectivity index (χ3v) is 4.32. The van der Waals surface area contributed by atoms with E-state index in [1.807, 2.05) is 13.8 Å². The van der Waals surface area contributed by atoms with Gasteiger partial charge in [-0.15, -0.1) is 0 Å². The maximum absolute atomic E-state index is 13.1. The van der Waals surface area contributed by atoms with Crippen molar-refractivity contribution in [3.63, 3.8) is 0 Å². The number of pyridine rings is 3. The van der Waals surface area contributed by atoms with Crippen molar-refractivity contribution in [3.05, 3.63) is 46.9 Å². The normalized spacial score (nSPS) is 11.2. The van der Waals surface area contributed by atoms with Crippen molar-refractivity contribution in [2.45, 2.75) is 26.2 Å². The molecule has 0 bridgehead atoms. The quantitative estimate of drug-likeness (QED) is 0.539. The van der Waals surface area contributed by atoms with Crippen LogP contribution >= 0.6 is 11.6 Å². The Balaban J connectivity index is 1.88. The molecule has 2 N–H and O–H groups in total. The Morgan fingerprint density at radius 3 is 2.59 bits per heavy atom. The van der Waals surface area contributed by atoms with Crippen molar-refractivity contribution >= 4 is 40.0 Å². The molecule has 0 unspecified atom stereocenters. The highest BCUT2D eigenvalue weighted by Crippen LogP contribution is 2.32. The fourth-order valence-electron chi connectivity index (χ4n) is 2.89. The van der Waals surface area contributed by atoms with E-state index in [2.05, 4.69) is 25.6 Å². The number of amides is 2. The molecule has 3 heterocycles. The number of urea groups is 1. The van der Waals surface area contributed by atoms with E-state index in [-0.39, 0.29) is 17.5 Å². The van der Waals surface area contributed by atoms with Crippen LogP contribution in [0.3, 0.4) is 0 Å². The molecule has 3 aromatic rings. The van der Waals surface area contributed by atoms with Crippen LogP contribution in [0.2, 0.25) is 5.15 Å². The molecular weight excluding hydrogens is 404 g/mol. The second kappa shape index (κ2) is 8.52. The standard InChI is InChI=1S/C19H18ClF2N5O2/c1-9(2)15-13(8-23-12-4-5-14(20)27-16(12)15)26-19(28)25-10-6-11(17(21)22)18(29-3)24-7-10/h4-9,17H,1-3H3,(H2,25,26,28). The molecule has 0 spiro atoms. The zero-order valence-electron chi connectivity index (χ0n) is 15.8. The smallest absolute Gasteiger partial charge is 0.323 e. The van der Waals surface area contributed by atoms with Crippen LogP contribution in [0.25, 0.3) is 11.0 Å². The number of nitrogens with zero attached hydrogens (tertiary/aromatic N) is 3. The summed E-state index contributed by atoms with van der Waals surface area (Å²) >= 11 is 6.01. The lowest BCUT2D eigenvalue weighted by molar-refractivity contribution is 0.146. The lowest BCUT2D eigenvalue weighted by atomic mass is 10.0. The van der Waals surface area contributed by atoms with Crippen molar-refractivity contribution in [3.8, 4) is 5.88 Å². The van der Waals surface area contributed by atoms with Crippen LogP contribution < -0.4 is 15.4 Å². The number of aromatic nitrogens is 3. The number of carbonyl (C=O) groups excluding carboxylic acids is 1. The van der Waals surface area contributed by atoms with Gasteiger partial charge in [-0.1, -0.05) is 25.4 Å². The van der Waals surface area contributed by atoms with Gasteiger partial charge in [0.25, 0.3) is 6.43 Å². The molecule has 10 heteroatoms. The molecule has 3 aromatic heterocycles. The predicted molar refractivity (Wildman–Crippen MR) is 107 cm³/mol. The Morgan fingerprint density at radius 2 is 1.93 bits per heavy atom. The molecular formula is C19H18ClF2N5O2. The minimum absolute atomic E-state index is 0.00913. The highest BCUT2D eigenvalue weighted by molar-refractivity contribution is 6.29. The SMILES string of the molecule is COc1ncc(NC(=O)Nc2cnc3ccc(Cl)nc3c2C(C)C)cc1C(F)F. The van der Waals surface area contributed by atoms with Crippen molar-refractivity contribution < 1.29 is 18.3 Å². The van der Waals surface area contributed by atoms with Crippen molar-refractivity contribution in [2.75, 3.05) is 17.7 Å². The van der Waals surface area contributed by atoms with Crippen LogP contribution in [0.1, 0.15) is 37.3 Å². The maximum atomic E-state index is 13.1. The van der Waals surface area contributed by atoms with Gasteiger partial charge in [0.1, 0.15) is 5.15 Å². The first-order chi connectivity index (χ1) is 13.8. The number of hydrogen-bond donors (Lipinski definition) is 2. The Kier molecular flexibility index (Phi) is 6.07. The first kappa shape index (κ1) is 20.7. The predicted octanol–water partition coefficient (Wildman–Crippen LogP) is 5.39. The van der Waals surface area contributed by atoms with E-state index >= 15 is 0 Å². The Bertz CT molecular complexity index is 1060. The second-order valence-corrected chi connectivity index (χ2v) is 6.83. The topological polar surface area (TPSA) is 89.0 Å². The van der Waals surface area contributed by atoms with E-state index in [1.165, 1.54) is 19.5 Å². The molecule has 2 amide bonds. The van der Waals surface area contributed by atoms with Crippen LogP contribution in [0.15, 0.2) is 30.6 Å². The number of fused-ring (bicyclic) bond motifs is 1. The molecule has 0 aromatic carbocycles. The molecule has 0 aliphatic heterocycles. The molecule has 0 aliphatic rings. The molecule has 0 fully saturated rings. The Hall–Kier alpha value is -3.07. The van der Waals surface area contributed by atoms with E-state index < -0.39 is 18.0 Å². The van der Waals surface area contributed by atoms with Crippen LogP contribution in [0.4, 0.5) is 25.0 Å². The lowest BCUT2D eigenvalue weighted by Gasteiger charge is -2.16. The summed E-state index contributed by atoms with van der Waals surface area (Å²) in [5, 5.41) is 5.49. The van der Waals surface area contributed by atoms with Gasteiger partial charge in [0.05, 0.1) is 47.5 Å². The molecule has 152 valence electrons. The van der Waals surface area contributed by atoms with E-state index in [1.54, 1.807) is 12.1 Å². The summed E-state index contributed by atoms with van der Waals surface area (Å²) in [4.78, 5) is 24.9. The van der Waals surface area contributed by atoms with Gasteiger partial charge in [-0.25, -0.2) is 23.5 Å². The summed E-state index contributed by atoms with van der Waals surface area (Å²) in [6.45, 7) is 3.89. The zero-order valence-corrected chi connectivity index (χ0v) is 16.6. The first-order valence-corrected chi connectivity index (χ1v) is 9.03. The lowest BCUT2D eigenvalue weighted by Crippen LogP contribution is -2.21. The number of hydrogen-bond acceptors (Lipinski definition) is 5. The van der Waals surface area contributed by atoms with E-state index in [0.29, 0.717) is 21.9 Å². The molecule has 0 atom stereocenters. The number of carbonyl (C=O) groups is 1. The first-order valence-electron chi connectivity index (χ1n) is 8.65. The van der Waals surface area contributed by atoms with E-state index in [9.17, 15) is 13.6 Å². The number of anilines is 2. The third kappa shape index (κ3) is 4.51. The molecule has 0 saturated carbocycles. The number of alkyl halides is 2. The van der Waals surface area contributed by atoms with Crippen molar-refractivity contribution in [2.24, 2.45) is 0 Å². The molecule has 0 radical (unpaired) electrons. The van der Waals surface area contributed by atoms with Crippen LogP contribution in [-0.2, 0) is 0 Å². The monoisotopic (exact) mass is 421 g/mol. The summed E-state index contributed by atoms with van der Waals surface area (Å²) in [7, 11) is 1.24. The number of rotatable bonds is 5. The van der Waals surface area contributed by atoms with Crippen LogP contribution in [-0.4, -0.2) is 28.1 Å². The van der Waals surface area contributed by atoms with Crippen molar-refractivity contribution in [1.29, 1.82) is 0 Å². The summed E-state index contributed by atoms with van der Waals surface area (Å²) in [6.07, 6.45) is -0.0487. The second-order valence-electron chi connectivity index (χ2n) is 6.44. The third-order valence-electron chi connectivity index (χ3n) is 4.11. The van der Waals surface area contributed by atoms with Gasteiger partial charge in [-0.2, -0.15) is 0 Å². The molecule has 29 heavy (non-hydrogen) atoms. The average molecular weight is 422 g/mol. The Morgan fingerprint density at radius 1 is 1.17 bits per heavy atom. The number of ether oxygens (including phenoxy) is 1. The highest BCUT2D eigenvalue weighted by atomic mass is 35.5. The minimum atomic E-state index is -2.80. The molecule has 0 aliphatic carbocycles. The summed E-state index contributed by atoms with van der Waals surface area (Å²) < 4.78 is 31.1. The number of nitrogens with one attached hydrogen (secondary N) is 2. The largest absolute Gasteiger partial charge is 0.481 e. The summed E-state index contributed by atoms with van der Waals surface area (Å²) in [5.41, 5.74) is 2.10. The summed E-state index contributed by atoms with van der Waals surface area (Å²) in [6, 6.07) is 3.86. The van der Waals surface area contributed by atoms with Gasteiger partial charge in [-0.3, -0.25) is 4.98 Å². The molecule has 7 nitrogen and oxygen atoms in total. The number of methoxy groups -OCH3 is 1. The molecule has 3 rings (SSSR count). The number of halogens is 3. The average Bonchev–Trinajstić information content (AvgIpc) is 2.67. The van der Waals surface area contributed by atoms with E-state index in [4.69, 9.17) is 16.3 Å². The fourth-order valence-corrected chi connectivity index (χ4v) is 3.04. The van der Waals surface area contributed by atoms with Gasteiger partial charge >= 0.3 is 6.03 Å². The van der Waals surface area contributed by atoms with Gasteiger partial charge in [-0.05, 0) is 24.1 Å². The van der Waals surface area contributed by atoms with E-state index in [0.717, 1.165) is 11.6 Å². The van der Waals surface area contributed by atoms with Crippen LogP contribution in [0, 0.1) is 0 Å². The molecule has 0 saturated heterocycles. The zero-order chi connectivity index (χ0) is 21.1. The van der Waals surface area contributed by atoms with Gasteiger partial charge in [0, 0.05) is 5.56 Å². The fraction of sp³-hybridized carbons (Fsp3) is 0.263. The Labute approximate surface area is 170 Å². The summed E-state index contributed by atoms with van der Waals surface area (Å²) in [5.74, 6) is -0.190. The van der Waals surface area contributed by atoms with Crippen LogP contribution in [0.5, 0.6) is 5.88 Å². The van der Waals surface area contributed by atoms with Gasteiger partial charge in [0.2, 0.25) is 5.88 Å². The maximum Gasteiger partial charge on any atom is 0.323 e. The highest BCUT2D eigenvalue weighted by Gasteiger charge is 2.18. The van der Waals surface area contributed by atoms with Gasteiger partial charge < -0.3 is 15.4 Å². The van der Waals surface area contributed by atoms with Crippen molar-refractivity contribution in [1.82, 2.24) is 15.0 Å². The van der Waals surface area contributed by atoms with Gasteiger partial charge in [0.15, 0.2) is 0 Å². The minimum Gasteiger partial charge on any atom is -0.481 e.